The van der Waals surface area contributed by atoms with Gasteiger partial charge in [-0.25, -0.2) is 4.98 Å². The molecular weight excluding hydrogens is 242 g/mol. The van der Waals surface area contributed by atoms with Crippen molar-refractivity contribution in [3.05, 3.63) is 40.6 Å². The molecule has 0 radical (unpaired) electrons. The lowest BCUT2D eigenvalue weighted by atomic mass is 10.2. The van der Waals surface area contributed by atoms with Crippen LogP contribution in [0.2, 0.25) is 0 Å². The fourth-order valence-electron chi connectivity index (χ4n) is 1.28. The molecule has 3 nitrogen and oxygen atoms in total. The number of nitrogens with two attached hydrogens (primary N) is 1. The van der Waals surface area contributed by atoms with E-state index in [0.717, 1.165) is 10.3 Å². The van der Waals surface area contributed by atoms with Gasteiger partial charge in [-0.2, -0.15) is 0 Å². The first-order valence-electron chi connectivity index (χ1n) is 4.24. The molecule has 0 saturated heterocycles. The summed E-state index contributed by atoms with van der Waals surface area (Å²) in [4.78, 5) is 4.07. The molecule has 2 aromatic rings. The zero-order valence-electron chi connectivity index (χ0n) is 7.74. The second-order valence-electron chi connectivity index (χ2n) is 3.13. The zero-order chi connectivity index (χ0) is 10.1. The highest BCUT2D eigenvalue weighted by Crippen LogP contribution is 2.17. The van der Waals surface area contributed by atoms with Crippen molar-refractivity contribution < 1.29 is 0 Å². The third kappa shape index (κ3) is 1.65. The molecule has 14 heavy (non-hydrogen) atoms. The Morgan fingerprint density at radius 1 is 1.29 bits per heavy atom. The third-order valence-corrected chi connectivity index (χ3v) is 2.40. The van der Waals surface area contributed by atoms with Gasteiger partial charge >= 0.3 is 0 Å². The van der Waals surface area contributed by atoms with Crippen molar-refractivity contribution >= 4 is 21.9 Å². The first kappa shape index (κ1) is 9.27. The van der Waals surface area contributed by atoms with E-state index in [9.17, 15) is 0 Å². The molecule has 0 aliphatic carbocycles. The Morgan fingerprint density at radius 2 is 1.93 bits per heavy atom. The van der Waals surface area contributed by atoms with E-state index in [1.54, 1.807) is 0 Å². The van der Waals surface area contributed by atoms with E-state index >= 15 is 0 Å². The maximum atomic E-state index is 5.73. The van der Waals surface area contributed by atoms with E-state index in [2.05, 4.69) is 27.8 Å². The lowest BCUT2D eigenvalue weighted by Crippen LogP contribution is -1.99. The van der Waals surface area contributed by atoms with Gasteiger partial charge in [0.25, 0.3) is 0 Å². The number of nitrogen functional groups attached to an aromatic ring is 1. The Hall–Kier alpha value is -1.29. The number of halogens is 1. The molecule has 0 unspecified atom stereocenters. The average Bonchev–Trinajstić information content (AvgIpc) is 2.47. The number of hydrogen-bond donors (Lipinski definition) is 1. The predicted molar refractivity (Wildman–Crippen MR) is 60.4 cm³/mol. The van der Waals surface area contributed by atoms with E-state index < -0.39 is 0 Å². The van der Waals surface area contributed by atoms with E-state index in [1.165, 1.54) is 5.56 Å². The van der Waals surface area contributed by atoms with Gasteiger partial charge in [-0.15, -0.1) is 0 Å². The van der Waals surface area contributed by atoms with Gasteiger partial charge < -0.3 is 5.73 Å². The molecule has 0 spiro atoms. The van der Waals surface area contributed by atoms with Crippen molar-refractivity contribution in [3.8, 4) is 5.69 Å². The van der Waals surface area contributed by atoms with Crippen LogP contribution in [-0.4, -0.2) is 9.55 Å². The van der Waals surface area contributed by atoms with Crippen molar-refractivity contribution in [1.29, 1.82) is 0 Å². The van der Waals surface area contributed by atoms with Crippen LogP contribution in [0, 0.1) is 6.92 Å². The van der Waals surface area contributed by atoms with Crippen LogP contribution in [0.4, 0.5) is 5.95 Å². The Kier molecular flexibility index (Phi) is 2.29. The molecule has 1 aromatic heterocycles. The predicted octanol–water partition coefficient (Wildman–Crippen LogP) is 2.53. The van der Waals surface area contributed by atoms with Gasteiger partial charge in [0.05, 0.1) is 0 Å². The smallest absolute Gasteiger partial charge is 0.205 e. The maximum Gasteiger partial charge on any atom is 0.205 e. The maximum absolute atomic E-state index is 5.73. The second kappa shape index (κ2) is 3.46. The molecule has 2 rings (SSSR count). The number of anilines is 1. The molecule has 2 N–H and O–H groups in total. The highest BCUT2D eigenvalue weighted by molar-refractivity contribution is 9.10. The molecule has 0 amide bonds. The van der Waals surface area contributed by atoms with Crippen molar-refractivity contribution in [3.63, 3.8) is 0 Å². The summed E-state index contributed by atoms with van der Waals surface area (Å²) in [6.07, 6.45) is 1.85. The zero-order valence-corrected chi connectivity index (χ0v) is 9.32. The molecule has 4 heteroatoms. The number of rotatable bonds is 1. The van der Waals surface area contributed by atoms with Crippen molar-refractivity contribution in [1.82, 2.24) is 9.55 Å². The Labute approximate surface area is 90.7 Å². The monoisotopic (exact) mass is 251 g/mol. The summed E-state index contributed by atoms with van der Waals surface area (Å²) < 4.78 is 2.58. The van der Waals surface area contributed by atoms with Gasteiger partial charge in [0.15, 0.2) is 0 Å². The summed E-state index contributed by atoms with van der Waals surface area (Å²) >= 11 is 3.28. The largest absolute Gasteiger partial charge is 0.369 e. The Balaban J connectivity index is 2.49. The number of benzene rings is 1. The minimum atomic E-state index is 0.487. The standard InChI is InChI=1S/C10H10BrN3/c1-7-2-4-8(5-3-7)14-6-9(11)13-10(14)12/h2-6H,1H3,(H2,12,13). The quantitative estimate of drug-likeness (QED) is 0.847. The van der Waals surface area contributed by atoms with Gasteiger partial charge in [0.2, 0.25) is 5.95 Å². The van der Waals surface area contributed by atoms with Crippen LogP contribution < -0.4 is 5.73 Å². The van der Waals surface area contributed by atoms with Crippen LogP contribution in [0.5, 0.6) is 0 Å². The highest BCUT2D eigenvalue weighted by Gasteiger charge is 2.03. The lowest BCUT2D eigenvalue weighted by molar-refractivity contribution is 1.07. The molecule has 72 valence electrons. The summed E-state index contributed by atoms with van der Waals surface area (Å²) in [5, 5.41) is 0. The van der Waals surface area contributed by atoms with Crippen LogP contribution in [0.1, 0.15) is 5.56 Å². The van der Waals surface area contributed by atoms with Crippen molar-refractivity contribution in [2.24, 2.45) is 0 Å². The summed E-state index contributed by atoms with van der Waals surface area (Å²) in [5.74, 6) is 0.487. The van der Waals surface area contributed by atoms with Crippen molar-refractivity contribution in [2.45, 2.75) is 6.92 Å². The third-order valence-electron chi connectivity index (χ3n) is 2.02. The van der Waals surface area contributed by atoms with Gasteiger partial charge in [-0.1, -0.05) is 17.7 Å². The normalized spacial score (nSPS) is 10.4. The fraction of sp³-hybridized carbons (Fsp3) is 0.100. The average molecular weight is 252 g/mol. The molecule has 1 aromatic carbocycles. The van der Waals surface area contributed by atoms with E-state index in [0.29, 0.717) is 5.95 Å². The molecule has 0 saturated carbocycles. The van der Waals surface area contributed by atoms with E-state index in [-0.39, 0.29) is 0 Å². The Morgan fingerprint density at radius 3 is 2.43 bits per heavy atom. The first-order valence-corrected chi connectivity index (χ1v) is 5.03. The summed E-state index contributed by atoms with van der Waals surface area (Å²) in [6, 6.07) is 8.12. The van der Waals surface area contributed by atoms with Gasteiger partial charge in [-0.3, -0.25) is 4.57 Å². The van der Waals surface area contributed by atoms with Crippen LogP contribution >= 0.6 is 15.9 Å². The lowest BCUT2D eigenvalue weighted by Gasteiger charge is -2.03. The molecule has 0 atom stereocenters. The molecule has 0 bridgehead atoms. The molecule has 0 aliphatic rings. The van der Waals surface area contributed by atoms with Gasteiger partial charge in [0.1, 0.15) is 4.60 Å². The highest BCUT2D eigenvalue weighted by atomic mass is 79.9. The number of aromatic nitrogens is 2. The van der Waals surface area contributed by atoms with Crippen LogP contribution in [-0.2, 0) is 0 Å². The fourth-order valence-corrected chi connectivity index (χ4v) is 1.66. The number of nitrogens with zero attached hydrogens (tertiary/aromatic N) is 2. The van der Waals surface area contributed by atoms with E-state index in [1.807, 2.05) is 35.0 Å². The number of imidazole rings is 1. The second-order valence-corrected chi connectivity index (χ2v) is 3.94. The van der Waals surface area contributed by atoms with E-state index in [4.69, 9.17) is 5.73 Å². The van der Waals surface area contributed by atoms with Crippen LogP contribution in [0.3, 0.4) is 0 Å². The molecule has 0 fully saturated rings. The summed E-state index contributed by atoms with van der Waals surface area (Å²) in [7, 11) is 0. The molecular formula is C10H10BrN3. The summed E-state index contributed by atoms with van der Waals surface area (Å²) in [5.41, 5.74) is 7.98. The Bertz CT molecular complexity index is 445. The minimum Gasteiger partial charge on any atom is -0.369 e. The first-order chi connectivity index (χ1) is 6.66. The van der Waals surface area contributed by atoms with Gasteiger partial charge in [-0.05, 0) is 35.0 Å². The topological polar surface area (TPSA) is 43.8 Å². The van der Waals surface area contributed by atoms with Crippen LogP contribution in [0.15, 0.2) is 35.1 Å². The number of hydrogen-bond acceptors (Lipinski definition) is 2. The minimum absolute atomic E-state index is 0.487. The number of aryl methyl sites for hydroxylation is 1. The van der Waals surface area contributed by atoms with Crippen LogP contribution in [0.25, 0.3) is 5.69 Å². The molecule has 0 aliphatic heterocycles. The molecule has 1 heterocycles. The SMILES string of the molecule is Cc1ccc(-n2cc(Br)nc2N)cc1. The summed E-state index contributed by atoms with van der Waals surface area (Å²) in [6.45, 7) is 2.05. The van der Waals surface area contributed by atoms with Crippen molar-refractivity contribution in [2.75, 3.05) is 5.73 Å². The van der Waals surface area contributed by atoms with Gasteiger partial charge in [0, 0.05) is 11.9 Å².